The van der Waals surface area contributed by atoms with Gasteiger partial charge in [-0.1, -0.05) is 25.1 Å². The molecule has 1 atom stereocenters. The Labute approximate surface area is 207 Å². The molecule has 1 aliphatic rings. The highest BCUT2D eigenvalue weighted by molar-refractivity contribution is 7.93. The highest BCUT2D eigenvalue weighted by Gasteiger charge is 2.38. The fraction of sp³-hybridized carbons (Fsp3) is 0.320. The van der Waals surface area contributed by atoms with Gasteiger partial charge in [0, 0.05) is 35.4 Å². The number of aromatic nitrogens is 3. The van der Waals surface area contributed by atoms with E-state index in [1.165, 1.54) is 5.56 Å². The van der Waals surface area contributed by atoms with Gasteiger partial charge in [-0.3, -0.25) is 9.62 Å². The number of aryl methyl sites for hydroxylation is 1. The van der Waals surface area contributed by atoms with Crippen molar-refractivity contribution in [3.63, 3.8) is 0 Å². The number of aromatic amines is 1. The van der Waals surface area contributed by atoms with Gasteiger partial charge < -0.3 is 4.98 Å². The predicted molar refractivity (Wildman–Crippen MR) is 134 cm³/mol. The van der Waals surface area contributed by atoms with E-state index in [0.717, 1.165) is 33.7 Å². The number of rotatable bonds is 7. The van der Waals surface area contributed by atoms with Crippen molar-refractivity contribution < 1.29 is 21.6 Å². The van der Waals surface area contributed by atoms with Crippen LogP contribution >= 0.6 is 0 Å². The summed E-state index contributed by atoms with van der Waals surface area (Å²) in [5.41, 5.74) is 5.00. The average Bonchev–Trinajstić information content (AvgIpc) is 3.58. The van der Waals surface area contributed by atoms with Gasteiger partial charge in [0.05, 0.1) is 29.4 Å². The smallest absolute Gasteiger partial charge is 0.359 e. The summed E-state index contributed by atoms with van der Waals surface area (Å²) >= 11 is 0. The first-order valence-electron chi connectivity index (χ1n) is 11.7. The summed E-state index contributed by atoms with van der Waals surface area (Å²) in [5.74, 6) is 0. The van der Waals surface area contributed by atoms with Crippen LogP contribution in [0.4, 0.5) is 18.9 Å². The number of nitrogens with one attached hydrogen (secondary N) is 2. The molecule has 2 aromatic heterocycles. The van der Waals surface area contributed by atoms with Crippen molar-refractivity contribution in [2.24, 2.45) is 0 Å². The zero-order valence-electron chi connectivity index (χ0n) is 19.6. The van der Waals surface area contributed by atoms with Crippen molar-refractivity contribution in [2.75, 3.05) is 24.4 Å². The second kappa shape index (κ2) is 9.29. The minimum absolute atomic E-state index is 0.0915. The van der Waals surface area contributed by atoms with Crippen LogP contribution in [0.3, 0.4) is 0 Å². The maximum Gasteiger partial charge on any atom is 0.401 e. The molecule has 1 aliphatic heterocycles. The molecule has 1 fully saturated rings. The Balaban J connectivity index is 1.36. The van der Waals surface area contributed by atoms with E-state index in [4.69, 9.17) is 0 Å². The Bertz CT molecular complexity index is 1480. The summed E-state index contributed by atoms with van der Waals surface area (Å²) in [6.07, 6.45) is 1.97. The van der Waals surface area contributed by atoms with Gasteiger partial charge in [0.1, 0.15) is 0 Å². The van der Waals surface area contributed by atoms with Crippen molar-refractivity contribution in [3.05, 3.63) is 66.6 Å². The first kappa shape index (κ1) is 24.4. The van der Waals surface area contributed by atoms with Crippen molar-refractivity contribution in [2.45, 2.75) is 31.2 Å². The highest BCUT2D eigenvalue weighted by atomic mass is 32.2. The fourth-order valence-corrected chi connectivity index (χ4v) is 6.03. The molecule has 2 N–H and O–H groups in total. The van der Waals surface area contributed by atoms with Gasteiger partial charge in [0.15, 0.2) is 0 Å². The minimum Gasteiger partial charge on any atom is -0.359 e. The first-order valence-corrected chi connectivity index (χ1v) is 13.2. The Morgan fingerprint density at radius 2 is 1.92 bits per heavy atom. The van der Waals surface area contributed by atoms with Crippen LogP contribution in [0.15, 0.2) is 61.1 Å². The lowest BCUT2D eigenvalue weighted by molar-refractivity contribution is -0.143. The Morgan fingerprint density at radius 1 is 1.14 bits per heavy atom. The Hall–Kier alpha value is -3.31. The topological polar surface area (TPSA) is 83.0 Å². The van der Waals surface area contributed by atoms with E-state index < -0.39 is 28.0 Å². The van der Waals surface area contributed by atoms with Crippen LogP contribution in [-0.4, -0.2) is 59.1 Å². The second-order valence-corrected chi connectivity index (χ2v) is 11.0. The fourth-order valence-electron chi connectivity index (χ4n) is 4.57. The molecule has 190 valence electrons. The standard InChI is InChI=1S/C25H26F3N5O2S/c1-2-17-3-6-20(7-4-17)33-14-19(12-30-33)18-5-8-23-22(11-18)24(13-29-23)31-36(34,35)21-9-10-32(15-21)16-25(26,27)28/h3-8,11-14,21,29,31H,2,9-10,15-16H2,1H3. The first-order chi connectivity index (χ1) is 17.1. The van der Waals surface area contributed by atoms with E-state index in [1.54, 1.807) is 17.1 Å². The van der Waals surface area contributed by atoms with Gasteiger partial charge in [-0.25, -0.2) is 13.1 Å². The van der Waals surface area contributed by atoms with Crippen LogP contribution in [0.2, 0.25) is 0 Å². The molecule has 2 aromatic carbocycles. The number of hydrogen-bond donors (Lipinski definition) is 2. The molecular formula is C25H26F3N5O2S. The summed E-state index contributed by atoms with van der Waals surface area (Å²) in [4.78, 5) is 4.18. The van der Waals surface area contributed by atoms with Crippen molar-refractivity contribution >= 4 is 26.6 Å². The zero-order chi connectivity index (χ0) is 25.5. The average molecular weight is 518 g/mol. The lowest BCUT2D eigenvalue weighted by atomic mass is 10.1. The lowest BCUT2D eigenvalue weighted by Crippen LogP contribution is -2.35. The van der Waals surface area contributed by atoms with Gasteiger partial charge >= 0.3 is 6.18 Å². The van der Waals surface area contributed by atoms with Crippen molar-refractivity contribution in [3.8, 4) is 16.8 Å². The van der Waals surface area contributed by atoms with Crippen LogP contribution < -0.4 is 4.72 Å². The number of likely N-dealkylation sites (tertiary alicyclic amines) is 1. The highest BCUT2D eigenvalue weighted by Crippen LogP contribution is 2.31. The van der Waals surface area contributed by atoms with Gasteiger partial charge in [-0.15, -0.1) is 0 Å². The summed E-state index contributed by atoms with van der Waals surface area (Å²) < 4.78 is 68.4. The SMILES string of the molecule is CCc1ccc(-n2cc(-c3ccc4[nH]cc(NS(=O)(=O)C5CCN(CC(F)(F)F)C5)c4c3)cn2)cc1. The van der Waals surface area contributed by atoms with E-state index in [9.17, 15) is 21.6 Å². The zero-order valence-corrected chi connectivity index (χ0v) is 20.4. The number of halogens is 3. The molecule has 11 heteroatoms. The number of sulfonamides is 1. The number of H-pyrrole nitrogens is 1. The third-order valence-corrected chi connectivity index (χ3v) is 8.30. The number of alkyl halides is 3. The maximum atomic E-state index is 13.0. The quantitative estimate of drug-likeness (QED) is 0.363. The molecule has 5 rings (SSSR count). The van der Waals surface area contributed by atoms with E-state index in [0.29, 0.717) is 11.1 Å². The largest absolute Gasteiger partial charge is 0.401 e. The van der Waals surface area contributed by atoms with E-state index in [-0.39, 0.29) is 19.5 Å². The minimum atomic E-state index is -4.36. The molecule has 36 heavy (non-hydrogen) atoms. The summed E-state index contributed by atoms with van der Waals surface area (Å²) in [7, 11) is -3.87. The normalized spacial score (nSPS) is 17.2. The lowest BCUT2D eigenvalue weighted by Gasteiger charge is -2.18. The molecule has 1 saturated heterocycles. The Kier molecular flexibility index (Phi) is 6.29. The van der Waals surface area contributed by atoms with Crippen molar-refractivity contribution in [1.82, 2.24) is 19.7 Å². The van der Waals surface area contributed by atoms with Gasteiger partial charge in [0.2, 0.25) is 10.0 Å². The predicted octanol–water partition coefficient (Wildman–Crippen LogP) is 4.96. The Morgan fingerprint density at radius 3 is 2.64 bits per heavy atom. The number of nitrogens with zero attached hydrogens (tertiary/aromatic N) is 3. The van der Waals surface area contributed by atoms with Gasteiger partial charge in [-0.05, 0) is 54.8 Å². The summed E-state index contributed by atoms with van der Waals surface area (Å²) in [5, 5.41) is 4.22. The molecule has 0 amide bonds. The molecule has 0 spiro atoms. The van der Waals surface area contributed by atoms with E-state index >= 15 is 0 Å². The molecule has 0 radical (unpaired) electrons. The van der Waals surface area contributed by atoms with E-state index in [2.05, 4.69) is 33.9 Å². The second-order valence-electron chi connectivity index (χ2n) is 9.06. The molecule has 7 nitrogen and oxygen atoms in total. The number of benzene rings is 2. The molecule has 4 aromatic rings. The van der Waals surface area contributed by atoms with Crippen LogP contribution in [0.25, 0.3) is 27.7 Å². The molecule has 0 aliphatic carbocycles. The summed E-state index contributed by atoms with van der Waals surface area (Å²) in [6.45, 7) is 0.934. The van der Waals surface area contributed by atoms with Gasteiger partial charge in [-0.2, -0.15) is 18.3 Å². The maximum absolute atomic E-state index is 13.0. The molecule has 3 heterocycles. The third-order valence-electron chi connectivity index (χ3n) is 6.53. The number of anilines is 1. The van der Waals surface area contributed by atoms with E-state index in [1.807, 2.05) is 36.5 Å². The molecule has 1 unspecified atom stereocenters. The summed E-state index contributed by atoms with van der Waals surface area (Å²) in [6, 6.07) is 13.8. The number of fused-ring (bicyclic) bond motifs is 1. The molecule has 0 saturated carbocycles. The third kappa shape index (κ3) is 5.12. The van der Waals surface area contributed by atoms with Crippen LogP contribution in [0, 0.1) is 0 Å². The monoisotopic (exact) mass is 517 g/mol. The van der Waals surface area contributed by atoms with Crippen molar-refractivity contribution in [1.29, 1.82) is 0 Å². The van der Waals surface area contributed by atoms with Crippen LogP contribution in [0.5, 0.6) is 0 Å². The van der Waals surface area contributed by atoms with Crippen LogP contribution in [0.1, 0.15) is 18.9 Å². The molecule has 0 bridgehead atoms. The molecular weight excluding hydrogens is 491 g/mol. The van der Waals surface area contributed by atoms with Gasteiger partial charge in [0.25, 0.3) is 0 Å². The number of hydrogen-bond acceptors (Lipinski definition) is 4. The van der Waals surface area contributed by atoms with Crippen LogP contribution in [-0.2, 0) is 16.4 Å².